The number of rotatable bonds is 9. The third-order valence-corrected chi connectivity index (χ3v) is 9.13. The predicted molar refractivity (Wildman–Crippen MR) is 109 cm³/mol. The largest absolute Gasteiger partial charge is 0.263 e. The molecule has 0 N–H and O–H groups in total. The minimum atomic E-state index is -0.287. The Morgan fingerprint density at radius 2 is 1.17 bits per heavy atom. The Bertz CT molecular complexity index is 360. The third kappa shape index (κ3) is 10.7. The standard InChI is InChI=1S/C10H15.3C4H9.Al.Ti/c1-7-6-10(4,5)9(3)8(7)2;3*1-3-4-2;;/h1-5H3;3*1,3-4H2,2H3;;/q-1;;;;;. The smallest absolute Gasteiger partial charge is 0.261 e. The first-order chi connectivity index (χ1) is 10.8. The van der Waals surface area contributed by atoms with Gasteiger partial charge in [-0.2, -0.15) is 11.1 Å². The molecule has 0 saturated carbocycles. The van der Waals surface area contributed by atoms with Crippen molar-refractivity contribution in [1.29, 1.82) is 0 Å². The molecule has 24 heavy (non-hydrogen) atoms. The van der Waals surface area contributed by atoms with Gasteiger partial charge >= 0.3 is 0 Å². The van der Waals surface area contributed by atoms with E-state index in [9.17, 15) is 0 Å². The van der Waals surface area contributed by atoms with Crippen molar-refractivity contribution in [1.82, 2.24) is 0 Å². The zero-order chi connectivity index (χ0) is 17.9. The normalized spacial score (nSPS) is 15.4. The van der Waals surface area contributed by atoms with E-state index >= 15 is 0 Å². The van der Waals surface area contributed by atoms with Crippen LogP contribution in [-0.2, 0) is 21.7 Å². The summed E-state index contributed by atoms with van der Waals surface area (Å²) >= 11 is -0.287. The van der Waals surface area contributed by atoms with Crippen molar-refractivity contribution in [3.05, 3.63) is 22.8 Å². The molecule has 0 fully saturated rings. The molecule has 0 nitrogen and oxygen atoms in total. The topological polar surface area (TPSA) is 0 Å². The zero-order valence-electron chi connectivity index (χ0n) is 17.9. The van der Waals surface area contributed by atoms with Crippen LogP contribution in [0.3, 0.4) is 0 Å². The first kappa shape index (κ1) is 27.0. The summed E-state index contributed by atoms with van der Waals surface area (Å²) in [5.41, 5.74) is 4.39. The van der Waals surface area contributed by atoms with E-state index in [1.165, 1.54) is 55.2 Å². The molecule has 2 heteroatoms. The van der Waals surface area contributed by atoms with E-state index in [-0.39, 0.29) is 41.3 Å². The first-order valence-electron chi connectivity index (χ1n) is 10.1. The number of hydrogen-bond donors (Lipinski definition) is 0. The number of hydrogen-bond acceptors (Lipinski definition) is 0. The summed E-state index contributed by atoms with van der Waals surface area (Å²) in [5, 5.41) is 4.86. The number of allylic oxidation sites excluding steroid dienone is 4. The molecule has 0 aromatic carbocycles. The molecule has 138 valence electrons. The van der Waals surface area contributed by atoms with Gasteiger partial charge in [-0.3, -0.25) is 6.08 Å². The van der Waals surface area contributed by atoms with Crippen molar-refractivity contribution in [3.8, 4) is 0 Å². The molecule has 0 unspecified atom stereocenters. The third-order valence-electron chi connectivity index (χ3n) is 5.46. The van der Waals surface area contributed by atoms with Crippen LogP contribution in [0.15, 0.2) is 16.7 Å². The van der Waals surface area contributed by atoms with Crippen LogP contribution >= 0.6 is 0 Å². The SMILES string of the molecule is CC1=[C-]C(C)(C)C(C)=C1C.CCC[CH2][Al]([CH2]CCC)[CH2]CCC.[Ti]. The summed E-state index contributed by atoms with van der Waals surface area (Å²) < 4.78 is 0. The fourth-order valence-electron chi connectivity index (χ4n) is 3.32. The van der Waals surface area contributed by atoms with Gasteiger partial charge in [0, 0.05) is 21.7 Å². The van der Waals surface area contributed by atoms with E-state index in [4.69, 9.17) is 0 Å². The molecule has 0 spiro atoms. The van der Waals surface area contributed by atoms with Gasteiger partial charge in [-0.1, -0.05) is 108 Å². The van der Waals surface area contributed by atoms with Crippen molar-refractivity contribution >= 4 is 14.1 Å². The summed E-state index contributed by atoms with van der Waals surface area (Å²) in [4.78, 5) is 0. The minimum Gasteiger partial charge on any atom is -0.263 e. The van der Waals surface area contributed by atoms with Gasteiger partial charge in [-0.05, 0) is 0 Å². The molecule has 0 heterocycles. The van der Waals surface area contributed by atoms with Gasteiger partial charge in [0.15, 0.2) is 0 Å². The van der Waals surface area contributed by atoms with Crippen LogP contribution in [0, 0.1) is 11.5 Å². The number of unbranched alkanes of at least 4 members (excludes halogenated alkanes) is 3. The molecule has 0 radical (unpaired) electrons. The van der Waals surface area contributed by atoms with Crippen LogP contribution in [0.4, 0.5) is 0 Å². The van der Waals surface area contributed by atoms with Crippen molar-refractivity contribution < 1.29 is 21.7 Å². The van der Waals surface area contributed by atoms with E-state index in [0.717, 1.165) is 0 Å². The average molecular weight is 381 g/mol. The van der Waals surface area contributed by atoms with Gasteiger partial charge in [0.1, 0.15) is 0 Å². The molecule has 1 rings (SSSR count). The van der Waals surface area contributed by atoms with E-state index in [1.54, 1.807) is 15.8 Å². The quantitative estimate of drug-likeness (QED) is 0.280. The van der Waals surface area contributed by atoms with Crippen LogP contribution in [0.2, 0.25) is 15.8 Å². The Labute approximate surface area is 173 Å². The maximum Gasteiger partial charge on any atom is 0.261 e. The molecule has 0 aliphatic heterocycles. The Balaban J connectivity index is 0. The Morgan fingerprint density at radius 1 is 0.792 bits per heavy atom. The van der Waals surface area contributed by atoms with Crippen LogP contribution in [0.5, 0.6) is 0 Å². The van der Waals surface area contributed by atoms with Gasteiger partial charge in [0.05, 0.1) is 0 Å². The molecule has 0 aromatic rings. The van der Waals surface area contributed by atoms with E-state index < -0.39 is 0 Å². The minimum absolute atomic E-state index is 0. The second-order valence-corrected chi connectivity index (χ2v) is 11.4. The van der Waals surface area contributed by atoms with E-state index in [0.29, 0.717) is 0 Å². The monoisotopic (exact) mass is 381 g/mol. The second kappa shape index (κ2) is 14.9. The van der Waals surface area contributed by atoms with Gasteiger partial charge < -0.3 is 0 Å². The van der Waals surface area contributed by atoms with Crippen LogP contribution in [-0.4, -0.2) is 14.1 Å². The fraction of sp³-hybridized carbons (Fsp3) is 0.818. The first-order valence-corrected chi connectivity index (χ1v) is 12.5. The van der Waals surface area contributed by atoms with Crippen molar-refractivity contribution in [2.75, 3.05) is 0 Å². The molecule has 0 bridgehead atoms. The molecule has 0 aromatic heterocycles. The van der Waals surface area contributed by atoms with Crippen LogP contribution in [0.25, 0.3) is 0 Å². The van der Waals surface area contributed by atoms with Gasteiger partial charge in [-0.25, -0.2) is 5.57 Å². The summed E-state index contributed by atoms with van der Waals surface area (Å²) in [5.74, 6) is 0. The van der Waals surface area contributed by atoms with Gasteiger partial charge in [-0.15, -0.1) is 6.92 Å². The molecule has 0 atom stereocenters. The van der Waals surface area contributed by atoms with E-state index in [1.807, 2.05) is 0 Å². The molecular formula is C22H42AlTi-. The molecule has 1 aliphatic rings. The average Bonchev–Trinajstić information content (AvgIpc) is 2.69. The van der Waals surface area contributed by atoms with Crippen LogP contribution in [0.1, 0.15) is 93.9 Å². The Kier molecular flexibility index (Phi) is 16.7. The second-order valence-electron chi connectivity index (χ2n) is 7.92. The molecule has 1 aliphatic carbocycles. The molecular weight excluding hydrogens is 339 g/mol. The molecule has 0 amide bonds. The van der Waals surface area contributed by atoms with Crippen molar-refractivity contribution in [3.63, 3.8) is 0 Å². The fourth-order valence-corrected chi connectivity index (χ4v) is 7.14. The zero-order valence-corrected chi connectivity index (χ0v) is 20.7. The predicted octanol–water partition coefficient (Wildman–Crippen LogP) is 7.99. The Hall–Kier alpha value is 0.727. The molecule has 0 saturated heterocycles. The van der Waals surface area contributed by atoms with Crippen LogP contribution < -0.4 is 0 Å². The summed E-state index contributed by atoms with van der Waals surface area (Å²) in [6, 6.07) is 0. The van der Waals surface area contributed by atoms with Crippen molar-refractivity contribution in [2.24, 2.45) is 5.41 Å². The summed E-state index contributed by atoms with van der Waals surface area (Å²) in [7, 11) is 0. The Morgan fingerprint density at radius 3 is 1.33 bits per heavy atom. The van der Waals surface area contributed by atoms with Gasteiger partial charge in [0.2, 0.25) is 0 Å². The van der Waals surface area contributed by atoms with Gasteiger partial charge in [0.25, 0.3) is 14.1 Å². The van der Waals surface area contributed by atoms with Crippen molar-refractivity contribution in [2.45, 2.75) is 110 Å². The van der Waals surface area contributed by atoms with E-state index in [2.05, 4.69) is 61.5 Å². The maximum absolute atomic E-state index is 3.44. The maximum atomic E-state index is 3.44. The summed E-state index contributed by atoms with van der Waals surface area (Å²) in [6.07, 6.45) is 12.2. The summed E-state index contributed by atoms with van der Waals surface area (Å²) in [6.45, 7) is 17.9.